The zero-order valence-electron chi connectivity index (χ0n) is 9.00. The van der Waals surface area contributed by atoms with Gasteiger partial charge in [0.1, 0.15) is 0 Å². The third kappa shape index (κ3) is 2.69. The van der Waals surface area contributed by atoms with Crippen molar-refractivity contribution in [1.82, 2.24) is 0 Å². The van der Waals surface area contributed by atoms with Crippen LogP contribution in [0, 0.1) is 0 Å². The highest BCUT2D eigenvalue weighted by Crippen LogP contribution is 2.43. The summed E-state index contributed by atoms with van der Waals surface area (Å²) in [6.07, 6.45) is 0.680. The predicted molar refractivity (Wildman–Crippen MR) is 68.1 cm³/mol. The van der Waals surface area contributed by atoms with E-state index in [1.165, 1.54) is 0 Å². The Kier molecular flexibility index (Phi) is 3.56. The fourth-order valence-corrected chi connectivity index (χ4v) is 3.61. The number of benzene rings is 1. The normalized spacial score (nSPS) is 14.1. The van der Waals surface area contributed by atoms with Gasteiger partial charge in [-0.3, -0.25) is 0 Å². The van der Waals surface area contributed by atoms with Gasteiger partial charge in [0, 0.05) is 10.7 Å². The summed E-state index contributed by atoms with van der Waals surface area (Å²) in [6, 6.07) is 1.67. The number of rotatable bonds is 3. The standard InChI is InChI=1S/C10H10BrClO4S/c1-2-7-6(4-17(12,13)14)3-8-10(9(7)11)16-5-15-8/h3H,2,4-5H2,1H3. The molecule has 94 valence electrons. The van der Waals surface area contributed by atoms with Crippen LogP contribution < -0.4 is 9.47 Å². The molecular formula is C10H10BrClO4S. The molecule has 1 aliphatic rings. The minimum absolute atomic E-state index is 0.147. The minimum atomic E-state index is -3.59. The summed E-state index contributed by atoms with van der Waals surface area (Å²) in [5.41, 5.74) is 1.51. The summed E-state index contributed by atoms with van der Waals surface area (Å²) in [6.45, 7) is 2.08. The highest BCUT2D eigenvalue weighted by atomic mass is 79.9. The molecule has 0 N–H and O–H groups in total. The van der Waals surface area contributed by atoms with Crippen LogP contribution in [0.5, 0.6) is 11.5 Å². The van der Waals surface area contributed by atoms with Crippen molar-refractivity contribution < 1.29 is 17.9 Å². The molecule has 4 nitrogen and oxygen atoms in total. The first-order valence-electron chi connectivity index (χ1n) is 4.94. The van der Waals surface area contributed by atoms with Gasteiger partial charge >= 0.3 is 0 Å². The largest absolute Gasteiger partial charge is 0.454 e. The van der Waals surface area contributed by atoms with E-state index in [1.54, 1.807) is 6.07 Å². The molecule has 0 aromatic heterocycles. The lowest BCUT2D eigenvalue weighted by atomic mass is 10.1. The number of fused-ring (bicyclic) bond motifs is 1. The molecule has 0 aliphatic carbocycles. The van der Waals surface area contributed by atoms with Gasteiger partial charge in [-0.05, 0) is 39.5 Å². The van der Waals surface area contributed by atoms with Crippen LogP contribution in [-0.4, -0.2) is 15.2 Å². The van der Waals surface area contributed by atoms with Gasteiger partial charge in [-0.15, -0.1) is 0 Å². The predicted octanol–water partition coefficient (Wildman–Crippen LogP) is 2.81. The molecule has 0 spiro atoms. The molecule has 0 unspecified atom stereocenters. The van der Waals surface area contributed by atoms with Gasteiger partial charge in [0.05, 0.1) is 10.2 Å². The number of ether oxygens (including phenoxy) is 2. The maximum atomic E-state index is 11.2. The molecule has 1 aromatic carbocycles. The first kappa shape index (κ1) is 13.0. The first-order valence-corrected chi connectivity index (χ1v) is 8.21. The summed E-state index contributed by atoms with van der Waals surface area (Å²) in [7, 11) is 1.70. The molecule has 1 aromatic rings. The summed E-state index contributed by atoms with van der Waals surface area (Å²) >= 11 is 3.41. The van der Waals surface area contributed by atoms with Crippen molar-refractivity contribution in [3.05, 3.63) is 21.7 Å². The van der Waals surface area contributed by atoms with Crippen molar-refractivity contribution in [3.63, 3.8) is 0 Å². The lowest BCUT2D eigenvalue weighted by Gasteiger charge is -2.11. The van der Waals surface area contributed by atoms with Crippen molar-refractivity contribution in [2.45, 2.75) is 19.1 Å². The molecule has 0 atom stereocenters. The summed E-state index contributed by atoms with van der Waals surface area (Å²) in [4.78, 5) is 0. The van der Waals surface area contributed by atoms with Gasteiger partial charge in [0.15, 0.2) is 11.5 Å². The van der Waals surface area contributed by atoms with E-state index in [4.69, 9.17) is 20.2 Å². The average Bonchev–Trinajstić information content (AvgIpc) is 2.64. The van der Waals surface area contributed by atoms with E-state index in [1.807, 2.05) is 6.92 Å². The van der Waals surface area contributed by atoms with Gasteiger partial charge in [0.25, 0.3) is 0 Å². The maximum absolute atomic E-state index is 11.2. The molecular weight excluding hydrogens is 332 g/mol. The molecule has 0 amide bonds. The van der Waals surface area contributed by atoms with Gasteiger partial charge in [-0.1, -0.05) is 6.92 Å². The van der Waals surface area contributed by atoms with Crippen LogP contribution in [0.15, 0.2) is 10.5 Å². The van der Waals surface area contributed by atoms with E-state index < -0.39 is 9.05 Å². The Hall–Kier alpha value is -0.460. The van der Waals surface area contributed by atoms with Crippen molar-refractivity contribution >= 4 is 35.7 Å². The van der Waals surface area contributed by atoms with Crippen molar-refractivity contribution in [3.8, 4) is 11.5 Å². The Balaban J connectivity index is 2.55. The summed E-state index contributed by atoms with van der Waals surface area (Å²) in [5, 5.41) is 0. The Morgan fingerprint density at radius 2 is 2.18 bits per heavy atom. The van der Waals surface area contributed by atoms with Gasteiger partial charge < -0.3 is 9.47 Å². The molecule has 0 radical (unpaired) electrons. The molecule has 1 aliphatic heterocycles. The van der Waals surface area contributed by atoms with Gasteiger partial charge in [-0.2, -0.15) is 0 Å². The Labute approximate surface area is 112 Å². The number of hydrogen-bond acceptors (Lipinski definition) is 4. The Bertz CT molecular complexity index is 556. The SMILES string of the molecule is CCc1c(CS(=O)(=O)Cl)cc2c(c1Br)OCO2. The topological polar surface area (TPSA) is 52.6 Å². The third-order valence-corrected chi connectivity index (χ3v) is 4.30. The van der Waals surface area contributed by atoms with E-state index in [0.29, 0.717) is 23.5 Å². The van der Waals surface area contributed by atoms with E-state index in [0.717, 1.165) is 10.0 Å². The Morgan fingerprint density at radius 3 is 2.76 bits per heavy atom. The van der Waals surface area contributed by atoms with E-state index >= 15 is 0 Å². The third-order valence-electron chi connectivity index (χ3n) is 2.48. The van der Waals surface area contributed by atoms with Crippen molar-refractivity contribution in [2.24, 2.45) is 0 Å². The molecule has 0 saturated carbocycles. The maximum Gasteiger partial charge on any atom is 0.236 e. The smallest absolute Gasteiger partial charge is 0.236 e. The molecule has 0 fully saturated rings. The average molecular weight is 342 g/mol. The zero-order chi connectivity index (χ0) is 12.6. The van der Waals surface area contributed by atoms with Crippen LogP contribution in [-0.2, 0) is 21.2 Å². The molecule has 17 heavy (non-hydrogen) atoms. The fourth-order valence-electron chi connectivity index (χ4n) is 1.79. The van der Waals surface area contributed by atoms with Crippen LogP contribution in [0.1, 0.15) is 18.1 Å². The molecule has 2 rings (SSSR count). The number of halogens is 2. The highest BCUT2D eigenvalue weighted by molar-refractivity contribution is 9.10. The molecule has 1 heterocycles. The van der Waals surface area contributed by atoms with Crippen LogP contribution in [0.2, 0.25) is 0 Å². The molecule has 0 saturated heterocycles. The van der Waals surface area contributed by atoms with E-state index in [9.17, 15) is 8.42 Å². The second-order valence-corrected chi connectivity index (χ2v) is 7.17. The number of hydrogen-bond donors (Lipinski definition) is 0. The van der Waals surface area contributed by atoms with Crippen LogP contribution in [0.25, 0.3) is 0 Å². The highest BCUT2D eigenvalue weighted by Gasteiger charge is 2.23. The van der Waals surface area contributed by atoms with Crippen LogP contribution >= 0.6 is 26.6 Å². The van der Waals surface area contributed by atoms with Crippen LogP contribution in [0.4, 0.5) is 0 Å². The second kappa shape index (κ2) is 4.66. The summed E-state index contributed by atoms with van der Waals surface area (Å²) in [5.74, 6) is 0.953. The van der Waals surface area contributed by atoms with Gasteiger partial charge in [-0.25, -0.2) is 8.42 Å². The van der Waals surface area contributed by atoms with Crippen molar-refractivity contribution in [2.75, 3.05) is 6.79 Å². The van der Waals surface area contributed by atoms with Gasteiger partial charge in [0.2, 0.25) is 15.8 Å². The first-order chi connectivity index (χ1) is 7.92. The van der Waals surface area contributed by atoms with Crippen LogP contribution in [0.3, 0.4) is 0 Å². The molecule has 0 bridgehead atoms. The lowest BCUT2D eigenvalue weighted by molar-refractivity contribution is 0.173. The summed E-state index contributed by atoms with van der Waals surface area (Å²) < 4.78 is 33.6. The van der Waals surface area contributed by atoms with E-state index in [-0.39, 0.29) is 12.5 Å². The molecule has 7 heteroatoms. The van der Waals surface area contributed by atoms with E-state index in [2.05, 4.69) is 15.9 Å². The minimum Gasteiger partial charge on any atom is -0.454 e. The lowest BCUT2D eigenvalue weighted by Crippen LogP contribution is -2.01. The Morgan fingerprint density at radius 1 is 1.47 bits per heavy atom. The monoisotopic (exact) mass is 340 g/mol. The van der Waals surface area contributed by atoms with Crippen molar-refractivity contribution in [1.29, 1.82) is 0 Å². The quantitative estimate of drug-likeness (QED) is 0.793. The second-order valence-electron chi connectivity index (χ2n) is 3.60. The zero-order valence-corrected chi connectivity index (χ0v) is 12.2. The fraction of sp³-hybridized carbons (Fsp3) is 0.400.